The van der Waals surface area contributed by atoms with E-state index in [9.17, 15) is 9.90 Å². The number of carboxylic acids is 1. The number of para-hydroxylation sites is 1. The van der Waals surface area contributed by atoms with Crippen molar-refractivity contribution >= 4 is 27.8 Å². The van der Waals surface area contributed by atoms with Crippen LogP contribution in [0.3, 0.4) is 0 Å². The number of hydrogen-bond acceptors (Lipinski definition) is 2. The van der Waals surface area contributed by atoms with Crippen molar-refractivity contribution in [2.24, 2.45) is 0 Å². The lowest BCUT2D eigenvalue weighted by atomic mass is 9.81. The number of carbonyl (C=O) groups is 1. The molecule has 0 radical (unpaired) electrons. The van der Waals surface area contributed by atoms with E-state index in [1.165, 1.54) is 70.8 Å². The third-order valence-corrected chi connectivity index (χ3v) is 8.08. The predicted molar refractivity (Wildman–Crippen MR) is 142 cm³/mol. The summed E-state index contributed by atoms with van der Waals surface area (Å²) in [6, 6.07) is 13.0. The molecule has 2 aromatic heterocycles. The maximum absolute atomic E-state index is 11.9. The lowest BCUT2D eigenvalue weighted by Crippen LogP contribution is -2.21. The summed E-state index contributed by atoms with van der Waals surface area (Å²) >= 11 is 0. The summed E-state index contributed by atoms with van der Waals surface area (Å²) in [5.74, 6) is -0.330. The fourth-order valence-corrected chi connectivity index (χ4v) is 6.49. The highest BCUT2D eigenvalue weighted by Gasteiger charge is 2.29. The SMILES string of the molecule is CC(C)NCc1cn2c3c(cccc13)-c1c(C3CCCCC3)c3ccc(C(=O)O)cc3n1CCC2. The molecule has 1 aliphatic carbocycles. The van der Waals surface area contributed by atoms with E-state index >= 15 is 0 Å². The number of benzene rings is 2. The van der Waals surface area contributed by atoms with Crippen molar-refractivity contribution in [2.45, 2.75) is 84.0 Å². The average Bonchev–Trinajstić information content (AvgIpc) is 3.37. The van der Waals surface area contributed by atoms with Crippen LogP contribution in [0.4, 0.5) is 0 Å². The Hall–Kier alpha value is -3.05. The van der Waals surface area contributed by atoms with Crippen molar-refractivity contribution in [1.29, 1.82) is 0 Å². The molecule has 6 rings (SSSR count). The van der Waals surface area contributed by atoms with Gasteiger partial charge in [-0.05, 0) is 48.4 Å². The van der Waals surface area contributed by atoms with E-state index in [0.29, 0.717) is 17.5 Å². The first kappa shape index (κ1) is 22.4. The topological polar surface area (TPSA) is 59.2 Å². The minimum absolute atomic E-state index is 0.374. The minimum Gasteiger partial charge on any atom is -0.478 e. The second kappa shape index (κ2) is 8.87. The van der Waals surface area contributed by atoms with Gasteiger partial charge in [-0.1, -0.05) is 57.4 Å². The summed E-state index contributed by atoms with van der Waals surface area (Å²) in [6.07, 6.45) is 9.67. The number of nitrogens with zero attached hydrogens (tertiary/aromatic N) is 2. The first-order valence-electron chi connectivity index (χ1n) is 13.3. The molecule has 182 valence electrons. The summed E-state index contributed by atoms with van der Waals surface area (Å²) < 4.78 is 4.92. The van der Waals surface area contributed by atoms with Crippen LogP contribution in [0.5, 0.6) is 0 Å². The molecule has 2 aliphatic rings. The van der Waals surface area contributed by atoms with Gasteiger partial charge in [0.25, 0.3) is 0 Å². The molecule has 4 aromatic rings. The van der Waals surface area contributed by atoms with E-state index in [2.05, 4.69) is 58.8 Å². The van der Waals surface area contributed by atoms with Gasteiger partial charge in [0, 0.05) is 53.7 Å². The van der Waals surface area contributed by atoms with Crippen LogP contribution >= 0.6 is 0 Å². The van der Waals surface area contributed by atoms with Crippen molar-refractivity contribution < 1.29 is 9.90 Å². The molecule has 1 fully saturated rings. The second-order valence-corrected chi connectivity index (χ2v) is 10.7. The lowest BCUT2D eigenvalue weighted by molar-refractivity contribution is 0.0697. The van der Waals surface area contributed by atoms with Crippen LogP contribution in [-0.4, -0.2) is 26.3 Å². The molecule has 3 heterocycles. The Morgan fingerprint density at radius 2 is 1.89 bits per heavy atom. The van der Waals surface area contributed by atoms with Crippen LogP contribution in [0.2, 0.25) is 0 Å². The summed E-state index contributed by atoms with van der Waals surface area (Å²) in [5, 5.41) is 15.9. The predicted octanol–water partition coefficient (Wildman–Crippen LogP) is 6.91. The zero-order valence-electron chi connectivity index (χ0n) is 20.8. The molecule has 1 aliphatic heterocycles. The normalized spacial score (nSPS) is 16.5. The van der Waals surface area contributed by atoms with Gasteiger partial charge in [-0.2, -0.15) is 0 Å². The van der Waals surface area contributed by atoms with Gasteiger partial charge < -0.3 is 19.6 Å². The van der Waals surface area contributed by atoms with Crippen LogP contribution in [-0.2, 0) is 19.6 Å². The maximum atomic E-state index is 11.9. The number of aryl methyl sites for hydroxylation is 2. The van der Waals surface area contributed by atoms with Gasteiger partial charge in [0.1, 0.15) is 0 Å². The zero-order valence-corrected chi connectivity index (χ0v) is 20.8. The molecule has 1 saturated carbocycles. The van der Waals surface area contributed by atoms with Crippen LogP contribution in [0.15, 0.2) is 42.6 Å². The molecule has 5 heteroatoms. The van der Waals surface area contributed by atoms with Gasteiger partial charge in [0.15, 0.2) is 0 Å². The molecule has 0 bridgehead atoms. The Kier molecular flexibility index (Phi) is 5.68. The van der Waals surface area contributed by atoms with Crippen LogP contribution < -0.4 is 5.32 Å². The van der Waals surface area contributed by atoms with Crippen molar-refractivity contribution in [3.05, 3.63) is 59.3 Å². The second-order valence-electron chi connectivity index (χ2n) is 10.7. The molecular weight excluding hydrogens is 434 g/mol. The number of carboxylic acid groups (broad SMARTS) is 1. The number of hydrogen-bond donors (Lipinski definition) is 2. The first-order valence-corrected chi connectivity index (χ1v) is 13.3. The van der Waals surface area contributed by atoms with Crippen LogP contribution in [0.1, 0.15) is 79.8 Å². The van der Waals surface area contributed by atoms with Gasteiger partial charge >= 0.3 is 5.97 Å². The largest absolute Gasteiger partial charge is 0.478 e. The first-order chi connectivity index (χ1) is 17.0. The van der Waals surface area contributed by atoms with Crippen molar-refractivity contribution in [3.63, 3.8) is 0 Å². The van der Waals surface area contributed by atoms with E-state index < -0.39 is 5.97 Å². The Balaban J connectivity index is 1.65. The standard InChI is InChI=1S/C30H35N3O2/c1-19(2)31-17-22-18-32-14-7-15-33-26-16-21(30(34)35)12-13-24(26)27(20-8-4-3-5-9-20)29(33)25-11-6-10-23(22)28(25)32/h6,10-13,16,18-20,31H,3-5,7-9,14-15,17H2,1-2H3,(H,34,35). The molecule has 5 nitrogen and oxygen atoms in total. The molecule has 0 spiro atoms. The van der Waals surface area contributed by atoms with E-state index in [1.807, 2.05) is 6.07 Å². The zero-order chi connectivity index (χ0) is 24.1. The molecule has 35 heavy (non-hydrogen) atoms. The van der Waals surface area contributed by atoms with Gasteiger partial charge in [-0.25, -0.2) is 4.79 Å². The van der Waals surface area contributed by atoms with E-state index in [1.54, 1.807) is 6.07 Å². The number of rotatable bonds is 5. The average molecular weight is 470 g/mol. The highest BCUT2D eigenvalue weighted by Crippen LogP contribution is 2.46. The van der Waals surface area contributed by atoms with Crippen molar-refractivity contribution in [2.75, 3.05) is 0 Å². The number of aromatic nitrogens is 2. The molecule has 0 saturated heterocycles. The molecule has 2 N–H and O–H groups in total. The monoisotopic (exact) mass is 469 g/mol. The number of nitrogens with one attached hydrogen (secondary N) is 1. The lowest BCUT2D eigenvalue weighted by Gasteiger charge is -2.25. The summed E-state index contributed by atoms with van der Waals surface area (Å²) in [7, 11) is 0. The Labute approximate surface area is 206 Å². The summed E-state index contributed by atoms with van der Waals surface area (Å²) in [4.78, 5) is 11.9. The van der Waals surface area contributed by atoms with E-state index in [-0.39, 0.29) is 0 Å². The fraction of sp³-hybridized carbons (Fsp3) is 0.433. The quantitative estimate of drug-likeness (QED) is 0.334. The molecule has 2 aromatic carbocycles. The van der Waals surface area contributed by atoms with Gasteiger partial charge in [-0.3, -0.25) is 0 Å². The number of fused-ring (bicyclic) bond motifs is 4. The molecule has 0 atom stereocenters. The van der Waals surface area contributed by atoms with Crippen molar-refractivity contribution in [1.82, 2.24) is 14.5 Å². The molecular formula is C30H35N3O2. The van der Waals surface area contributed by atoms with Gasteiger partial charge in [0.2, 0.25) is 0 Å². The van der Waals surface area contributed by atoms with Crippen LogP contribution in [0, 0.1) is 0 Å². The summed E-state index contributed by atoms with van der Waals surface area (Å²) in [6.45, 7) is 7.12. The molecule has 0 amide bonds. The summed E-state index contributed by atoms with van der Waals surface area (Å²) in [5.41, 5.74) is 8.20. The fourth-order valence-electron chi connectivity index (χ4n) is 6.49. The Morgan fingerprint density at radius 3 is 2.66 bits per heavy atom. The van der Waals surface area contributed by atoms with Crippen molar-refractivity contribution in [3.8, 4) is 11.3 Å². The third kappa shape index (κ3) is 3.77. The van der Waals surface area contributed by atoms with Gasteiger partial charge in [-0.15, -0.1) is 0 Å². The van der Waals surface area contributed by atoms with Gasteiger partial charge in [0.05, 0.1) is 16.8 Å². The Bertz CT molecular complexity index is 1420. The molecule has 0 unspecified atom stereocenters. The Morgan fingerprint density at radius 1 is 1.06 bits per heavy atom. The van der Waals surface area contributed by atoms with Crippen LogP contribution in [0.25, 0.3) is 33.1 Å². The van der Waals surface area contributed by atoms with E-state index in [4.69, 9.17) is 0 Å². The maximum Gasteiger partial charge on any atom is 0.335 e. The smallest absolute Gasteiger partial charge is 0.335 e. The van der Waals surface area contributed by atoms with E-state index in [0.717, 1.165) is 31.6 Å². The minimum atomic E-state index is -0.856. The highest BCUT2D eigenvalue weighted by atomic mass is 16.4. The third-order valence-electron chi connectivity index (χ3n) is 8.08. The highest BCUT2D eigenvalue weighted by molar-refractivity contribution is 6.03. The number of aromatic carboxylic acids is 1.